The third-order valence-electron chi connectivity index (χ3n) is 2.32. The predicted octanol–water partition coefficient (Wildman–Crippen LogP) is 2.18. The zero-order valence-electron chi connectivity index (χ0n) is 9.81. The van der Waals surface area contributed by atoms with E-state index < -0.39 is 16.6 Å². The second-order valence-electron chi connectivity index (χ2n) is 3.67. The van der Waals surface area contributed by atoms with E-state index in [9.17, 15) is 14.9 Å². The normalized spacial score (nSPS) is 10.4. The largest absolute Gasteiger partial charge is 0.477 e. The summed E-state index contributed by atoms with van der Waals surface area (Å²) in [7, 11) is 1.73. The van der Waals surface area contributed by atoms with Gasteiger partial charge in [0.25, 0.3) is 5.69 Å². The molecule has 7 nitrogen and oxygen atoms in total. The summed E-state index contributed by atoms with van der Waals surface area (Å²) < 4.78 is 1.56. The first-order chi connectivity index (χ1) is 8.99. The number of nitrogens with zero attached hydrogens (tertiary/aromatic N) is 3. The number of aromatic carboxylic acids is 1. The maximum atomic E-state index is 11.1. The van der Waals surface area contributed by atoms with E-state index >= 15 is 0 Å². The van der Waals surface area contributed by atoms with Crippen LogP contribution in [0.1, 0.15) is 10.4 Å². The van der Waals surface area contributed by atoms with E-state index in [0.717, 1.165) is 11.8 Å². The molecule has 0 spiro atoms. The summed E-state index contributed by atoms with van der Waals surface area (Å²) in [5, 5.41) is 24.0. The van der Waals surface area contributed by atoms with Crippen LogP contribution in [0.4, 0.5) is 5.69 Å². The van der Waals surface area contributed by atoms with Gasteiger partial charge in [-0.1, -0.05) is 17.8 Å². The summed E-state index contributed by atoms with van der Waals surface area (Å²) in [6, 6.07) is 4.21. The molecule has 1 aromatic heterocycles. The molecule has 0 amide bonds. The maximum Gasteiger partial charge on any atom is 0.342 e. The third-order valence-corrected chi connectivity index (χ3v) is 3.32. The molecule has 98 valence electrons. The molecule has 0 unspecified atom stereocenters. The van der Waals surface area contributed by atoms with E-state index in [0.29, 0.717) is 4.90 Å². The molecule has 1 heterocycles. The summed E-state index contributed by atoms with van der Waals surface area (Å²) in [5.74, 6) is -1.32. The van der Waals surface area contributed by atoms with Crippen molar-refractivity contribution in [1.29, 1.82) is 0 Å². The van der Waals surface area contributed by atoms with Gasteiger partial charge in [-0.3, -0.25) is 14.8 Å². The monoisotopic (exact) mass is 279 g/mol. The molecule has 0 atom stereocenters. The highest BCUT2D eigenvalue weighted by Crippen LogP contribution is 2.36. The quantitative estimate of drug-likeness (QED) is 0.680. The Morgan fingerprint density at radius 2 is 2.26 bits per heavy atom. The minimum Gasteiger partial charge on any atom is -0.477 e. The van der Waals surface area contributed by atoms with E-state index in [1.807, 2.05) is 0 Å². The highest BCUT2D eigenvalue weighted by molar-refractivity contribution is 7.99. The summed E-state index contributed by atoms with van der Waals surface area (Å²) in [6.45, 7) is 0. The molecule has 1 N–H and O–H groups in total. The lowest BCUT2D eigenvalue weighted by atomic mass is 10.2. The van der Waals surface area contributed by atoms with E-state index in [2.05, 4.69) is 5.10 Å². The summed E-state index contributed by atoms with van der Waals surface area (Å²) in [6.07, 6.45) is 3.25. The van der Waals surface area contributed by atoms with Crippen LogP contribution < -0.4 is 0 Å². The summed E-state index contributed by atoms with van der Waals surface area (Å²) in [4.78, 5) is 22.4. The first-order valence-electron chi connectivity index (χ1n) is 5.16. The number of rotatable bonds is 4. The van der Waals surface area contributed by atoms with Gasteiger partial charge in [0.15, 0.2) is 0 Å². The predicted molar refractivity (Wildman–Crippen MR) is 67.4 cm³/mol. The number of hydrogen-bond donors (Lipinski definition) is 1. The van der Waals surface area contributed by atoms with Crippen LogP contribution in [0.15, 0.2) is 40.4 Å². The van der Waals surface area contributed by atoms with Crippen LogP contribution in [0.3, 0.4) is 0 Å². The van der Waals surface area contributed by atoms with Crippen molar-refractivity contribution in [2.45, 2.75) is 9.79 Å². The fraction of sp³-hybridized carbons (Fsp3) is 0.0909. The third kappa shape index (κ3) is 2.74. The number of nitro benzene ring substituents is 1. The standard InChI is InChI=1S/C11H9N3O4S/c1-13-6-7(5-12-13)19-9-4-2-3-8(11(15)16)10(9)14(17)18/h2-6H,1H3,(H,15,16). The number of aryl methyl sites for hydroxylation is 1. The Bertz CT molecular complexity index is 653. The van der Waals surface area contributed by atoms with Gasteiger partial charge >= 0.3 is 5.97 Å². The molecule has 0 fully saturated rings. The van der Waals surface area contributed by atoms with Crippen LogP contribution in [0.5, 0.6) is 0 Å². The minimum absolute atomic E-state index is 0.276. The van der Waals surface area contributed by atoms with E-state index in [1.165, 1.54) is 18.2 Å². The first-order valence-corrected chi connectivity index (χ1v) is 5.98. The fourth-order valence-electron chi connectivity index (χ4n) is 1.54. The molecule has 2 rings (SSSR count). The van der Waals surface area contributed by atoms with E-state index in [-0.39, 0.29) is 10.5 Å². The highest BCUT2D eigenvalue weighted by atomic mass is 32.2. The van der Waals surface area contributed by atoms with Crippen LogP contribution in [-0.2, 0) is 7.05 Å². The van der Waals surface area contributed by atoms with Crippen molar-refractivity contribution >= 4 is 23.4 Å². The Morgan fingerprint density at radius 1 is 1.53 bits per heavy atom. The second kappa shape index (κ2) is 5.11. The van der Waals surface area contributed by atoms with Crippen LogP contribution >= 0.6 is 11.8 Å². The minimum atomic E-state index is -1.32. The number of benzene rings is 1. The number of para-hydroxylation sites is 1. The van der Waals surface area contributed by atoms with Crippen molar-refractivity contribution < 1.29 is 14.8 Å². The molecule has 0 radical (unpaired) electrons. The van der Waals surface area contributed by atoms with Gasteiger partial charge in [-0.15, -0.1) is 0 Å². The average molecular weight is 279 g/mol. The molecule has 0 aliphatic rings. The molecule has 0 aliphatic carbocycles. The van der Waals surface area contributed by atoms with Gasteiger partial charge in [0.2, 0.25) is 0 Å². The van der Waals surface area contributed by atoms with Crippen molar-refractivity contribution in [1.82, 2.24) is 9.78 Å². The molecular formula is C11H9N3O4S. The zero-order chi connectivity index (χ0) is 14.0. The van der Waals surface area contributed by atoms with Gasteiger partial charge in [0.05, 0.1) is 20.9 Å². The molecule has 0 saturated heterocycles. The number of nitro groups is 1. The maximum absolute atomic E-state index is 11.1. The summed E-state index contributed by atoms with van der Waals surface area (Å²) >= 11 is 1.11. The lowest BCUT2D eigenvalue weighted by Gasteiger charge is -2.03. The Hall–Kier alpha value is -2.35. The molecule has 8 heteroatoms. The molecule has 2 aromatic rings. The SMILES string of the molecule is Cn1cc(Sc2cccc(C(=O)O)c2[N+](=O)[O-])cn1. The number of carbonyl (C=O) groups is 1. The lowest BCUT2D eigenvalue weighted by molar-refractivity contribution is -0.388. The van der Waals surface area contributed by atoms with Crippen molar-refractivity contribution in [2.24, 2.45) is 7.05 Å². The topological polar surface area (TPSA) is 98.3 Å². The molecule has 19 heavy (non-hydrogen) atoms. The van der Waals surface area contributed by atoms with Gasteiger partial charge in [-0.25, -0.2) is 4.79 Å². The number of carboxylic acids is 1. The smallest absolute Gasteiger partial charge is 0.342 e. The Labute approximate surface area is 112 Å². The lowest BCUT2D eigenvalue weighted by Crippen LogP contribution is -2.03. The number of carboxylic acid groups (broad SMARTS) is 1. The first kappa shape index (κ1) is 13.1. The van der Waals surface area contributed by atoms with Crippen LogP contribution in [-0.4, -0.2) is 25.8 Å². The highest BCUT2D eigenvalue weighted by Gasteiger charge is 2.24. The second-order valence-corrected chi connectivity index (χ2v) is 4.78. The molecule has 1 aromatic carbocycles. The van der Waals surface area contributed by atoms with Crippen molar-refractivity contribution in [3.8, 4) is 0 Å². The van der Waals surface area contributed by atoms with Crippen LogP contribution in [0.25, 0.3) is 0 Å². The van der Waals surface area contributed by atoms with Crippen molar-refractivity contribution in [3.05, 3.63) is 46.3 Å². The molecule has 0 aliphatic heterocycles. The Morgan fingerprint density at radius 3 is 2.79 bits per heavy atom. The van der Waals surface area contributed by atoms with E-state index in [4.69, 9.17) is 5.11 Å². The molecular weight excluding hydrogens is 270 g/mol. The summed E-state index contributed by atoms with van der Waals surface area (Å²) in [5.41, 5.74) is -0.720. The van der Waals surface area contributed by atoms with Crippen LogP contribution in [0.2, 0.25) is 0 Å². The van der Waals surface area contributed by atoms with Gasteiger partial charge in [-0.2, -0.15) is 5.10 Å². The van der Waals surface area contributed by atoms with Gasteiger partial charge in [0.1, 0.15) is 5.56 Å². The number of aromatic nitrogens is 2. The molecule has 0 saturated carbocycles. The Balaban J connectivity index is 2.47. The van der Waals surface area contributed by atoms with E-state index in [1.54, 1.807) is 24.1 Å². The van der Waals surface area contributed by atoms with Gasteiger partial charge < -0.3 is 5.11 Å². The van der Waals surface area contributed by atoms with Crippen molar-refractivity contribution in [2.75, 3.05) is 0 Å². The van der Waals surface area contributed by atoms with Crippen LogP contribution in [0, 0.1) is 10.1 Å². The average Bonchev–Trinajstić information content (AvgIpc) is 2.74. The molecule has 0 bridgehead atoms. The fourth-order valence-corrected chi connectivity index (χ4v) is 2.53. The van der Waals surface area contributed by atoms with Gasteiger partial charge in [0, 0.05) is 13.2 Å². The van der Waals surface area contributed by atoms with Crippen molar-refractivity contribution in [3.63, 3.8) is 0 Å². The Kier molecular flexibility index (Phi) is 3.52. The van der Waals surface area contributed by atoms with Gasteiger partial charge in [-0.05, 0) is 12.1 Å². The number of hydrogen-bond acceptors (Lipinski definition) is 5. The zero-order valence-corrected chi connectivity index (χ0v) is 10.6.